The lowest BCUT2D eigenvalue weighted by atomic mass is 9.93. The number of carboxylic acid groups (broad SMARTS) is 1. The molecule has 0 radical (unpaired) electrons. The molecule has 0 bridgehead atoms. The fraction of sp³-hybridized carbons (Fsp3) is 0.500. The minimum absolute atomic E-state index is 0.210. The Labute approximate surface area is 123 Å². The molecule has 104 valence electrons. The van der Waals surface area contributed by atoms with Crippen molar-refractivity contribution in [2.75, 3.05) is 13.1 Å². The Morgan fingerprint density at radius 2 is 2.21 bits per heavy atom. The summed E-state index contributed by atoms with van der Waals surface area (Å²) in [7, 11) is 0. The Morgan fingerprint density at radius 1 is 1.47 bits per heavy atom. The predicted octanol–water partition coefficient (Wildman–Crippen LogP) is 3.78. The number of aliphatic carboxylic acids is 1. The van der Waals surface area contributed by atoms with E-state index in [9.17, 15) is 4.79 Å². The SMILES string of the molecule is CC1c2c(Cl)cc(Cl)cc2CCN1CCCC(=O)O. The van der Waals surface area contributed by atoms with Crippen molar-refractivity contribution in [2.24, 2.45) is 0 Å². The Bertz CT molecular complexity index is 491. The molecule has 1 aliphatic heterocycles. The molecule has 3 nitrogen and oxygen atoms in total. The average molecular weight is 302 g/mol. The molecule has 1 aliphatic rings. The van der Waals surface area contributed by atoms with E-state index in [0.717, 1.165) is 25.1 Å². The van der Waals surface area contributed by atoms with Crippen LogP contribution in [-0.2, 0) is 11.2 Å². The Morgan fingerprint density at radius 3 is 2.89 bits per heavy atom. The third-order valence-electron chi connectivity index (χ3n) is 3.65. The number of carbonyl (C=O) groups is 1. The number of halogens is 2. The number of hydrogen-bond donors (Lipinski definition) is 1. The maximum absolute atomic E-state index is 10.6. The summed E-state index contributed by atoms with van der Waals surface area (Å²) in [5.74, 6) is -0.741. The quantitative estimate of drug-likeness (QED) is 0.920. The van der Waals surface area contributed by atoms with E-state index in [1.165, 1.54) is 5.56 Å². The highest BCUT2D eigenvalue weighted by Gasteiger charge is 2.26. The van der Waals surface area contributed by atoms with E-state index in [2.05, 4.69) is 11.8 Å². The van der Waals surface area contributed by atoms with Crippen LogP contribution in [0, 0.1) is 0 Å². The van der Waals surface area contributed by atoms with Crippen LogP contribution in [0.4, 0.5) is 0 Å². The van der Waals surface area contributed by atoms with Gasteiger partial charge in [0.1, 0.15) is 0 Å². The van der Waals surface area contributed by atoms with Crippen LogP contribution in [0.15, 0.2) is 12.1 Å². The van der Waals surface area contributed by atoms with Crippen LogP contribution in [0.3, 0.4) is 0 Å². The molecule has 0 amide bonds. The van der Waals surface area contributed by atoms with Gasteiger partial charge in [-0.05, 0) is 49.6 Å². The number of rotatable bonds is 4. The van der Waals surface area contributed by atoms with Gasteiger partial charge in [0.05, 0.1) is 0 Å². The molecule has 19 heavy (non-hydrogen) atoms. The molecule has 1 unspecified atom stereocenters. The van der Waals surface area contributed by atoms with Crippen molar-refractivity contribution in [3.63, 3.8) is 0 Å². The number of benzene rings is 1. The highest BCUT2D eigenvalue weighted by molar-refractivity contribution is 6.35. The summed E-state index contributed by atoms with van der Waals surface area (Å²) in [5.41, 5.74) is 2.34. The molecule has 1 aromatic rings. The van der Waals surface area contributed by atoms with Gasteiger partial charge in [0.15, 0.2) is 0 Å². The van der Waals surface area contributed by atoms with Crippen molar-refractivity contribution in [3.8, 4) is 0 Å². The highest BCUT2D eigenvalue weighted by atomic mass is 35.5. The number of fused-ring (bicyclic) bond motifs is 1. The lowest BCUT2D eigenvalue weighted by Crippen LogP contribution is -2.35. The van der Waals surface area contributed by atoms with Gasteiger partial charge in [-0.15, -0.1) is 0 Å². The second-order valence-corrected chi connectivity index (χ2v) is 5.76. The highest BCUT2D eigenvalue weighted by Crippen LogP contribution is 2.36. The zero-order valence-corrected chi connectivity index (χ0v) is 12.3. The largest absolute Gasteiger partial charge is 0.481 e. The number of hydrogen-bond acceptors (Lipinski definition) is 2. The van der Waals surface area contributed by atoms with Gasteiger partial charge in [0.25, 0.3) is 0 Å². The van der Waals surface area contributed by atoms with Gasteiger partial charge in [0, 0.05) is 29.1 Å². The minimum Gasteiger partial charge on any atom is -0.481 e. The van der Waals surface area contributed by atoms with Crippen molar-refractivity contribution in [1.82, 2.24) is 4.90 Å². The summed E-state index contributed by atoms with van der Waals surface area (Å²) in [4.78, 5) is 12.8. The molecule has 5 heteroatoms. The lowest BCUT2D eigenvalue weighted by molar-refractivity contribution is -0.137. The van der Waals surface area contributed by atoms with Crippen LogP contribution < -0.4 is 0 Å². The van der Waals surface area contributed by atoms with Crippen molar-refractivity contribution in [2.45, 2.75) is 32.2 Å². The van der Waals surface area contributed by atoms with Crippen LogP contribution in [-0.4, -0.2) is 29.1 Å². The minimum atomic E-state index is -0.741. The summed E-state index contributed by atoms with van der Waals surface area (Å²) < 4.78 is 0. The van der Waals surface area contributed by atoms with Crippen molar-refractivity contribution in [3.05, 3.63) is 33.3 Å². The Kier molecular flexibility index (Phi) is 4.71. The van der Waals surface area contributed by atoms with E-state index >= 15 is 0 Å². The van der Waals surface area contributed by atoms with Crippen LogP contribution >= 0.6 is 23.2 Å². The summed E-state index contributed by atoms with van der Waals surface area (Å²) in [6.45, 7) is 3.81. The molecule has 0 fully saturated rings. The lowest BCUT2D eigenvalue weighted by Gasteiger charge is -2.35. The first kappa shape index (κ1) is 14.6. The molecule has 1 heterocycles. The topological polar surface area (TPSA) is 40.5 Å². The summed E-state index contributed by atoms with van der Waals surface area (Å²) >= 11 is 12.3. The first-order valence-corrected chi connectivity index (χ1v) is 7.18. The van der Waals surface area contributed by atoms with E-state index in [-0.39, 0.29) is 12.5 Å². The number of nitrogens with zero attached hydrogens (tertiary/aromatic N) is 1. The van der Waals surface area contributed by atoms with Crippen LogP contribution in [0.25, 0.3) is 0 Å². The number of carboxylic acids is 1. The molecular weight excluding hydrogens is 285 g/mol. The Hall–Kier alpha value is -0.770. The fourth-order valence-electron chi connectivity index (χ4n) is 2.69. The molecule has 1 aromatic carbocycles. The third kappa shape index (κ3) is 3.41. The normalized spacial score (nSPS) is 19.2. The van der Waals surface area contributed by atoms with E-state index in [0.29, 0.717) is 16.5 Å². The molecule has 1 N–H and O–H groups in total. The molecule has 0 aliphatic carbocycles. The van der Waals surface area contributed by atoms with Gasteiger partial charge in [0.2, 0.25) is 0 Å². The van der Waals surface area contributed by atoms with Crippen molar-refractivity contribution >= 4 is 29.2 Å². The van der Waals surface area contributed by atoms with E-state index in [1.54, 1.807) is 6.07 Å². The van der Waals surface area contributed by atoms with Crippen LogP contribution in [0.2, 0.25) is 10.0 Å². The molecular formula is C14H17Cl2NO2. The van der Waals surface area contributed by atoms with Gasteiger partial charge in [-0.1, -0.05) is 23.2 Å². The van der Waals surface area contributed by atoms with Gasteiger partial charge < -0.3 is 5.11 Å². The molecule has 0 saturated carbocycles. The molecule has 2 rings (SSSR count). The summed E-state index contributed by atoms with van der Waals surface area (Å²) in [6, 6.07) is 3.97. The van der Waals surface area contributed by atoms with Gasteiger partial charge >= 0.3 is 5.97 Å². The second kappa shape index (κ2) is 6.12. The van der Waals surface area contributed by atoms with Gasteiger partial charge in [-0.2, -0.15) is 0 Å². The van der Waals surface area contributed by atoms with Crippen molar-refractivity contribution < 1.29 is 9.90 Å². The van der Waals surface area contributed by atoms with E-state index in [1.807, 2.05) is 6.07 Å². The molecule has 0 spiro atoms. The zero-order chi connectivity index (χ0) is 14.0. The van der Waals surface area contributed by atoms with E-state index in [4.69, 9.17) is 28.3 Å². The maximum Gasteiger partial charge on any atom is 0.303 e. The Balaban J connectivity index is 2.11. The average Bonchev–Trinajstić information content (AvgIpc) is 2.30. The molecule has 1 atom stereocenters. The predicted molar refractivity (Wildman–Crippen MR) is 77.0 cm³/mol. The standard InChI is InChI=1S/C14H17Cl2NO2/c1-9-14-10(7-11(15)8-12(14)16)4-6-17(9)5-2-3-13(18)19/h7-9H,2-6H2,1H3,(H,18,19). The zero-order valence-electron chi connectivity index (χ0n) is 10.8. The van der Waals surface area contributed by atoms with Crippen LogP contribution in [0.1, 0.15) is 36.9 Å². The molecule has 0 saturated heterocycles. The summed E-state index contributed by atoms with van der Waals surface area (Å²) in [5, 5.41) is 10.1. The molecule has 0 aromatic heterocycles. The fourth-order valence-corrected chi connectivity index (χ4v) is 3.39. The van der Waals surface area contributed by atoms with Crippen molar-refractivity contribution in [1.29, 1.82) is 0 Å². The monoisotopic (exact) mass is 301 g/mol. The van der Waals surface area contributed by atoms with Gasteiger partial charge in [-0.3, -0.25) is 9.69 Å². The third-order valence-corrected chi connectivity index (χ3v) is 4.18. The summed E-state index contributed by atoms with van der Waals surface area (Å²) in [6.07, 6.45) is 1.79. The second-order valence-electron chi connectivity index (χ2n) is 4.92. The maximum atomic E-state index is 10.6. The van der Waals surface area contributed by atoms with E-state index < -0.39 is 5.97 Å². The van der Waals surface area contributed by atoms with Crippen LogP contribution in [0.5, 0.6) is 0 Å². The smallest absolute Gasteiger partial charge is 0.303 e. The first-order chi connectivity index (χ1) is 8.99. The first-order valence-electron chi connectivity index (χ1n) is 6.42. The van der Waals surface area contributed by atoms with Gasteiger partial charge in [-0.25, -0.2) is 0 Å².